The Morgan fingerprint density at radius 1 is 1.27 bits per heavy atom. The summed E-state index contributed by atoms with van der Waals surface area (Å²) in [4.78, 5) is 26.5. The Morgan fingerprint density at radius 2 is 1.96 bits per heavy atom. The normalized spacial score (nSPS) is 19.7. The van der Waals surface area contributed by atoms with Gasteiger partial charge >= 0.3 is 0 Å². The maximum Gasteiger partial charge on any atom is 0.264 e. The Hall–Kier alpha value is -1.90. The Labute approximate surface area is 160 Å². The van der Waals surface area contributed by atoms with Crippen LogP contribution >= 0.6 is 22.9 Å². The lowest BCUT2D eigenvalue weighted by Gasteiger charge is -2.48. The van der Waals surface area contributed by atoms with Gasteiger partial charge in [-0.3, -0.25) is 9.59 Å². The molecule has 1 atom stereocenters. The molecular formula is C17H17ClN2O4S2. The number of thiophene rings is 1. The highest BCUT2D eigenvalue weighted by molar-refractivity contribution is 7.90. The van der Waals surface area contributed by atoms with Gasteiger partial charge in [-0.2, -0.15) is 11.3 Å². The van der Waals surface area contributed by atoms with Crippen LogP contribution in [0.15, 0.2) is 46.0 Å². The zero-order valence-corrected chi connectivity index (χ0v) is 16.3. The molecule has 1 fully saturated rings. The minimum Gasteiger partial charge on any atom is -0.328 e. The Morgan fingerprint density at radius 3 is 2.50 bits per heavy atom. The van der Waals surface area contributed by atoms with Crippen LogP contribution < -0.4 is 4.72 Å². The van der Waals surface area contributed by atoms with Gasteiger partial charge in [-0.25, -0.2) is 13.1 Å². The van der Waals surface area contributed by atoms with Crippen LogP contribution in [0.1, 0.15) is 18.9 Å². The van der Waals surface area contributed by atoms with Crippen molar-refractivity contribution in [1.29, 1.82) is 0 Å². The van der Waals surface area contributed by atoms with Crippen LogP contribution in [0.25, 0.3) is 0 Å². The van der Waals surface area contributed by atoms with Crippen molar-refractivity contribution in [2.24, 2.45) is 0 Å². The molecule has 1 unspecified atom stereocenters. The van der Waals surface area contributed by atoms with E-state index in [0.717, 1.165) is 5.56 Å². The van der Waals surface area contributed by atoms with Gasteiger partial charge in [0.2, 0.25) is 5.91 Å². The Balaban J connectivity index is 1.72. The maximum atomic E-state index is 12.6. The van der Waals surface area contributed by atoms with Crippen LogP contribution in [-0.2, 0) is 26.0 Å². The fraction of sp³-hybridized carbons (Fsp3) is 0.294. The molecule has 2 aromatic rings. The zero-order valence-electron chi connectivity index (χ0n) is 13.9. The fourth-order valence-electron chi connectivity index (χ4n) is 2.76. The summed E-state index contributed by atoms with van der Waals surface area (Å²) in [6.07, 6.45) is 0.598. The Kier molecular flexibility index (Phi) is 5.09. The van der Waals surface area contributed by atoms with Gasteiger partial charge in [0.05, 0.1) is 11.3 Å². The molecule has 1 aromatic carbocycles. The smallest absolute Gasteiger partial charge is 0.264 e. The van der Waals surface area contributed by atoms with E-state index in [9.17, 15) is 18.0 Å². The number of sulfonamides is 1. The summed E-state index contributed by atoms with van der Waals surface area (Å²) in [6, 6.07) is 7.36. The summed E-state index contributed by atoms with van der Waals surface area (Å²) in [5.41, 5.74) is -0.296. The van der Waals surface area contributed by atoms with Gasteiger partial charge in [-0.05, 0) is 60.0 Å². The van der Waals surface area contributed by atoms with Gasteiger partial charge in [-0.15, -0.1) is 0 Å². The summed E-state index contributed by atoms with van der Waals surface area (Å²) in [5, 5.41) is 4.15. The second-order valence-electron chi connectivity index (χ2n) is 6.27. The second-order valence-corrected chi connectivity index (χ2v) is 9.17. The van der Waals surface area contributed by atoms with Gasteiger partial charge in [0, 0.05) is 11.6 Å². The van der Waals surface area contributed by atoms with Crippen molar-refractivity contribution in [3.05, 3.63) is 51.7 Å². The number of hydrogen-bond acceptors (Lipinski definition) is 5. The third-order valence-corrected chi connectivity index (χ3v) is 6.83. The summed E-state index contributed by atoms with van der Waals surface area (Å²) >= 11 is 7.25. The second kappa shape index (κ2) is 7.02. The van der Waals surface area contributed by atoms with Crippen LogP contribution in [0.4, 0.5) is 0 Å². The van der Waals surface area contributed by atoms with E-state index < -0.39 is 21.5 Å². The van der Waals surface area contributed by atoms with Gasteiger partial charge in [0.25, 0.3) is 15.9 Å². The molecule has 0 bridgehead atoms. The van der Waals surface area contributed by atoms with Crippen LogP contribution in [0.5, 0.6) is 0 Å². The molecular weight excluding hydrogens is 396 g/mol. The van der Waals surface area contributed by atoms with Crippen molar-refractivity contribution >= 4 is 44.8 Å². The molecule has 0 saturated carbocycles. The van der Waals surface area contributed by atoms with E-state index in [2.05, 4.69) is 4.72 Å². The van der Waals surface area contributed by atoms with Crippen molar-refractivity contribution in [3.63, 3.8) is 0 Å². The number of benzene rings is 1. The predicted octanol–water partition coefficient (Wildman–Crippen LogP) is 2.44. The molecule has 0 spiro atoms. The first-order valence-electron chi connectivity index (χ1n) is 7.87. The number of rotatable bonds is 5. The van der Waals surface area contributed by atoms with Gasteiger partial charge in [0.1, 0.15) is 5.54 Å². The summed E-state index contributed by atoms with van der Waals surface area (Å²) in [5.74, 6) is -0.909. The first kappa shape index (κ1) is 18.9. The van der Waals surface area contributed by atoms with E-state index in [4.69, 9.17) is 11.6 Å². The average molecular weight is 413 g/mol. The minimum atomic E-state index is -4.03. The summed E-state index contributed by atoms with van der Waals surface area (Å²) in [6.45, 7) is 2.00. The number of nitrogens with zero attached hydrogens (tertiary/aromatic N) is 1. The largest absolute Gasteiger partial charge is 0.328 e. The number of amides is 2. The van der Waals surface area contributed by atoms with Crippen molar-refractivity contribution in [3.8, 4) is 0 Å². The SMILES string of the molecule is CC1(C(=O)NS(=O)(=O)c2ccc(Cl)cc2)CCN1C(=O)Cc1ccsc1. The van der Waals surface area contributed by atoms with E-state index in [0.29, 0.717) is 18.0 Å². The molecule has 9 heteroatoms. The molecule has 1 aromatic heterocycles. The number of nitrogens with one attached hydrogen (secondary N) is 1. The fourth-order valence-corrected chi connectivity index (χ4v) is 4.63. The number of carbonyl (C=O) groups is 2. The molecule has 1 saturated heterocycles. The highest BCUT2D eigenvalue weighted by Gasteiger charge is 2.50. The number of carbonyl (C=O) groups excluding carboxylic acids is 2. The van der Waals surface area contributed by atoms with Crippen molar-refractivity contribution in [2.75, 3.05) is 6.54 Å². The molecule has 2 amide bonds. The quantitative estimate of drug-likeness (QED) is 0.817. The first-order valence-corrected chi connectivity index (χ1v) is 10.7. The van der Waals surface area contributed by atoms with Gasteiger partial charge in [0.15, 0.2) is 0 Å². The molecule has 1 aliphatic rings. The van der Waals surface area contributed by atoms with E-state index in [1.54, 1.807) is 6.92 Å². The highest BCUT2D eigenvalue weighted by atomic mass is 35.5. The van der Waals surface area contributed by atoms with E-state index >= 15 is 0 Å². The number of halogens is 1. The topological polar surface area (TPSA) is 83.6 Å². The molecule has 6 nitrogen and oxygen atoms in total. The summed E-state index contributed by atoms with van der Waals surface area (Å²) < 4.78 is 26.9. The predicted molar refractivity (Wildman–Crippen MR) is 99.5 cm³/mol. The highest BCUT2D eigenvalue weighted by Crippen LogP contribution is 2.32. The van der Waals surface area contributed by atoms with Crippen LogP contribution in [0, 0.1) is 0 Å². The van der Waals surface area contributed by atoms with Crippen molar-refractivity contribution < 1.29 is 18.0 Å². The van der Waals surface area contributed by atoms with Gasteiger partial charge in [-0.1, -0.05) is 11.6 Å². The molecule has 0 radical (unpaired) electrons. The third kappa shape index (κ3) is 3.62. The standard InChI is InChI=1S/C17H17ClN2O4S2/c1-17(7-8-20(17)15(21)10-12-6-9-25-11-12)16(22)19-26(23,24)14-4-2-13(18)3-5-14/h2-6,9,11H,7-8,10H2,1H3,(H,19,22). The number of likely N-dealkylation sites (tertiary alicyclic amines) is 1. The minimum absolute atomic E-state index is 0.0608. The lowest BCUT2D eigenvalue weighted by atomic mass is 9.85. The van der Waals surface area contributed by atoms with Gasteiger partial charge < -0.3 is 4.90 Å². The summed E-state index contributed by atoms with van der Waals surface area (Å²) in [7, 11) is -4.03. The molecule has 2 heterocycles. The average Bonchev–Trinajstić information content (AvgIpc) is 3.05. The maximum absolute atomic E-state index is 12.6. The van der Waals surface area contributed by atoms with Crippen molar-refractivity contribution in [2.45, 2.75) is 30.2 Å². The lowest BCUT2D eigenvalue weighted by molar-refractivity contribution is -0.156. The van der Waals surface area contributed by atoms with E-state index in [1.165, 1.54) is 40.5 Å². The van der Waals surface area contributed by atoms with Crippen LogP contribution in [0.3, 0.4) is 0 Å². The number of hydrogen-bond donors (Lipinski definition) is 1. The zero-order chi connectivity index (χ0) is 18.9. The monoisotopic (exact) mass is 412 g/mol. The van der Waals surface area contributed by atoms with Crippen LogP contribution in [-0.4, -0.2) is 37.2 Å². The van der Waals surface area contributed by atoms with Crippen LogP contribution in [0.2, 0.25) is 5.02 Å². The molecule has 26 heavy (non-hydrogen) atoms. The molecule has 3 rings (SSSR count). The first-order chi connectivity index (χ1) is 12.2. The van der Waals surface area contributed by atoms with E-state index in [1.807, 2.05) is 16.8 Å². The molecule has 1 aliphatic heterocycles. The molecule has 138 valence electrons. The van der Waals surface area contributed by atoms with E-state index in [-0.39, 0.29) is 17.2 Å². The van der Waals surface area contributed by atoms with Crippen molar-refractivity contribution in [1.82, 2.24) is 9.62 Å². The Bertz CT molecular complexity index is 926. The molecule has 1 N–H and O–H groups in total. The lowest BCUT2D eigenvalue weighted by Crippen LogP contribution is -2.68. The molecule has 0 aliphatic carbocycles. The third-order valence-electron chi connectivity index (χ3n) is 4.49.